The van der Waals surface area contributed by atoms with E-state index in [2.05, 4.69) is 0 Å². The predicted octanol–water partition coefficient (Wildman–Crippen LogP) is 2.84. The van der Waals surface area contributed by atoms with E-state index in [1.807, 2.05) is 6.26 Å². The standard InChI is InChI=1S/C9H16F3NOS2/c1-7(6-14)13(2)8(9(10,11)12)4-5-16-15-3/h6-8H,4-5H2,1-3H3/t7-,8?/m0/s1. The Bertz CT molecular complexity index is 213. The van der Waals surface area contributed by atoms with Gasteiger partial charge in [-0.1, -0.05) is 21.6 Å². The van der Waals surface area contributed by atoms with Crippen LogP contribution in [0.4, 0.5) is 13.2 Å². The number of carbonyl (C=O) groups is 1. The van der Waals surface area contributed by atoms with Gasteiger partial charge in [0.15, 0.2) is 0 Å². The minimum Gasteiger partial charge on any atom is -0.302 e. The van der Waals surface area contributed by atoms with Crippen LogP contribution < -0.4 is 0 Å². The summed E-state index contributed by atoms with van der Waals surface area (Å²) in [6, 6.07) is -2.27. The number of hydrogen-bond acceptors (Lipinski definition) is 4. The van der Waals surface area contributed by atoms with Gasteiger partial charge in [-0.15, -0.1) is 0 Å². The topological polar surface area (TPSA) is 20.3 Å². The summed E-state index contributed by atoms with van der Waals surface area (Å²) in [7, 11) is 4.17. The van der Waals surface area contributed by atoms with Crippen molar-refractivity contribution >= 4 is 27.9 Å². The van der Waals surface area contributed by atoms with Gasteiger partial charge >= 0.3 is 6.18 Å². The Morgan fingerprint density at radius 1 is 1.44 bits per heavy atom. The quantitative estimate of drug-likeness (QED) is 0.404. The molecule has 0 saturated heterocycles. The highest BCUT2D eigenvalue weighted by Crippen LogP contribution is 2.30. The number of carbonyl (C=O) groups excluding carboxylic acids is 1. The van der Waals surface area contributed by atoms with Crippen LogP contribution >= 0.6 is 21.6 Å². The zero-order chi connectivity index (χ0) is 12.8. The average molecular weight is 275 g/mol. The molecule has 0 aromatic heterocycles. The van der Waals surface area contributed by atoms with Crippen molar-refractivity contribution in [3.8, 4) is 0 Å². The lowest BCUT2D eigenvalue weighted by Gasteiger charge is -2.31. The molecule has 0 heterocycles. The summed E-state index contributed by atoms with van der Waals surface area (Å²) in [5.74, 6) is 0.418. The number of halogens is 3. The first-order valence-corrected chi connectivity index (χ1v) is 7.46. The van der Waals surface area contributed by atoms with Crippen molar-refractivity contribution in [1.82, 2.24) is 4.90 Å². The highest BCUT2D eigenvalue weighted by molar-refractivity contribution is 8.76. The minimum absolute atomic E-state index is 0.00366. The van der Waals surface area contributed by atoms with E-state index in [1.54, 1.807) is 0 Å². The largest absolute Gasteiger partial charge is 0.404 e. The SMILES string of the molecule is CSSCCC(N(C)[C@@H](C)C=O)C(F)(F)F. The molecule has 0 aliphatic carbocycles. The number of aldehydes is 1. The lowest BCUT2D eigenvalue weighted by molar-refractivity contribution is -0.184. The van der Waals surface area contributed by atoms with Crippen LogP contribution in [0.1, 0.15) is 13.3 Å². The van der Waals surface area contributed by atoms with Gasteiger partial charge in [0.2, 0.25) is 0 Å². The Morgan fingerprint density at radius 2 is 2.00 bits per heavy atom. The third-order valence-corrected chi connectivity index (χ3v) is 4.15. The van der Waals surface area contributed by atoms with Gasteiger partial charge < -0.3 is 4.79 Å². The second kappa shape index (κ2) is 7.45. The Labute approximate surface area is 102 Å². The molecule has 0 radical (unpaired) electrons. The van der Waals surface area contributed by atoms with Crippen molar-refractivity contribution in [2.45, 2.75) is 31.6 Å². The molecule has 0 saturated carbocycles. The molecule has 7 heteroatoms. The summed E-state index contributed by atoms with van der Waals surface area (Å²) in [5.41, 5.74) is 0. The fraction of sp³-hybridized carbons (Fsp3) is 0.889. The highest BCUT2D eigenvalue weighted by Gasteiger charge is 2.42. The summed E-state index contributed by atoms with van der Waals surface area (Å²) in [4.78, 5) is 11.6. The van der Waals surface area contributed by atoms with Crippen LogP contribution in [0.15, 0.2) is 0 Å². The van der Waals surface area contributed by atoms with Gasteiger partial charge in [0, 0.05) is 5.75 Å². The number of nitrogens with zero attached hydrogens (tertiary/aromatic N) is 1. The van der Waals surface area contributed by atoms with Crippen LogP contribution in [0, 0.1) is 0 Å². The summed E-state index contributed by atoms with van der Waals surface area (Å²) < 4.78 is 38.2. The van der Waals surface area contributed by atoms with Crippen LogP contribution in [-0.4, -0.2) is 48.5 Å². The average Bonchev–Trinajstić information content (AvgIpc) is 2.20. The Morgan fingerprint density at radius 3 is 2.38 bits per heavy atom. The van der Waals surface area contributed by atoms with Crippen LogP contribution in [0.3, 0.4) is 0 Å². The van der Waals surface area contributed by atoms with Crippen molar-refractivity contribution in [3.63, 3.8) is 0 Å². The highest BCUT2D eigenvalue weighted by atomic mass is 33.1. The lowest BCUT2D eigenvalue weighted by Crippen LogP contribution is -2.48. The predicted molar refractivity (Wildman–Crippen MR) is 63.7 cm³/mol. The fourth-order valence-corrected chi connectivity index (χ4v) is 2.50. The molecule has 0 spiro atoms. The van der Waals surface area contributed by atoms with Gasteiger partial charge in [-0.25, -0.2) is 0 Å². The van der Waals surface area contributed by atoms with Crippen molar-refractivity contribution < 1.29 is 18.0 Å². The first-order chi connectivity index (χ1) is 7.34. The van der Waals surface area contributed by atoms with E-state index in [4.69, 9.17) is 0 Å². The minimum atomic E-state index is -4.29. The van der Waals surface area contributed by atoms with Gasteiger partial charge in [0.05, 0.1) is 6.04 Å². The zero-order valence-corrected chi connectivity index (χ0v) is 11.1. The second-order valence-corrected chi connectivity index (χ2v) is 6.06. The molecule has 2 nitrogen and oxygen atoms in total. The second-order valence-electron chi connectivity index (χ2n) is 3.38. The smallest absolute Gasteiger partial charge is 0.302 e. The van der Waals surface area contributed by atoms with Gasteiger partial charge in [-0.05, 0) is 26.6 Å². The van der Waals surface area contributed by atoms with Gasteiger partial charge in [0.1, 0.15) is 12.3 Å². The van der Waals surface area contributed by atoms with E-state index in [0.717, 1.165) is 4.90 Å². The molecule has 1 unspecified atom stereocenters. The first kappa shape index (κ1) is 16.1. The van der Waals surface area contributed by atoms with Crippen LogP contribution in [-0.2, 0) is 4.79 Å². The summed E-state index contributed by atoms with van der Waals surface area (Å²) >= 11 is 0. The third kappa shape index (κ3) is 5.45. The monoisotopic (exact) mass is 275 g/mol. The zero-order valence-electron chi connectivity index (χ0n) is 9.45. The van der Waals surface area contributed by atoms with Crippen molar-refractivity contribution in [2.75, 3.05) is 19.1 Å². The van der Waals surface area contributed by atoms with Gasteiger partial charge in [-0.2, -0.15) is 13.2 Å². The van der Waals surface area contributed by atoms with Crippen molar-refractivity contribution in [1.29, 1.82) is 0 Å². The molecule has 2 atom stereocenters. The van der Waals surface area contributed by atoms with Gasteiger partial charge in [-0.3, -0.25) is 4.90 Å². The van der Waals surface area contributed by atoms with Crippen LogP contribution in [0.5, 0.6) is 0 Å². The maximum absolute atomic E-state index is 12.7. The van der Waals surface area contributed by atoms with Crippen molar-refractivity contribution in [2.24, 2.45) is 0 Å². The van der Waals surface area contributed by atoms with Crippen LogP contribution in [0.25, 0.3) is 0 Å². The molecule has 0 amide bonds. The van der Waals surface area contributed by atoms with E-state index in [1.165, 1.54) is 35.6 Å². The fourth-order valence-electron chi connectivity index (χ4n) is 1.22. The summed E-state index contributed by atoms with van der Waals surface area (Å²) in [5, 5.41) is 0. The number of alkyl halides is 3. The third-order valence-electron chi connectivity index (χ3n) is 2.30. The molecule has 0 aliphatic rings. The Hall–Kier alpha value is 0.120. The van der Waals surface area contributed by atoms with E-state index >= 15 is 0 Å². The van der Waals surface area contributed by atoms with E-state index in [9.17, 15) is 18.0 Å². The molecule has 16 heavy (non-hydrogen) atoms. The molecule has 0 aromatic carbocycles. The molecule has 0 fully saturated rings. The van der Waals surface area contributed by atoms with E-state index in [0.29, 0.717) is 12.0 Å². The molecular weight excluding hydrogens is 259 g/mol. The first-order valence-electron chi connectivity index (χ1n) is 4.74. The molecule has 0 aromatic rings. The maximum Gasteiger partial charge on any atom is 0.404 e. The molecule has 0 N–H and O–H groups in total. The lowest BCUT2D eigenvalue weighted by atomic mass is 10.1. The van der Waals surface area contributed by atoms with E-state index < -0.39 is 18.3 Å². The molecular formula is C9H16F3NOS2. The normalized spacial score (nSPS) is 16.2. The Balaban J connectivity index is 4.48. The Kier molecular flexibility index (Phi) is 7.50. The van der Waals surface area contributed by atoms with Crippen molar-refractivity contribution in [3.05, 3.63) is 0 Å². The number of likely N-dealkylation sites (N-methyl/N-ethyl adjacent to an activating group) is 1. The molecule has 0 rings (SSSR count). The van der Waals surface area contributed by atoms with E-state index in [-0.39, 0.29) is 6.42 Å². The molecule has 0 aliphatic heterocycles. The number of rotatable bonds is 7. The summed E-state index contributed by atoms with van der Waals surface area (Å²) in [6.07, 6.45) is -1.93. The molecule has 0 bridgehead atoms. The summed E-state index contributed by atoms with van der Waals surface area (Å²) in [6.45, 7) is 1.47. The maximum atomic E-state index is 12.7. The van der Waals surface area contributed by atoms with Crippen LogP contribution in [0.2, 0.25) is 0 Å². The van der Waals surface area contributed by atoms with Gasteiger partial charge in [0.25, 0.3) is 0 Å². The number of hydrogen-bond donors (Lipinski definition) is 0. The molecule has 96 valence electrons.